The maximum absolute atomic E-state index is 12.8. The number of carbonyl (C=O) groups is 1. The van der Waals surface area contributed by atoms with Crippen LogP contribution in [0.4, 0.5) is 0 Å². The van der Waals surface area contributed by atoms with E-state index in [1.165, 1.54) is 5.56 Å². The number of hydrogen-bond acceptors (Lipinski definition) is 3. The van der Waals surface area contributed by atoms with Crippen LogP contribution in [0.5, 0.6) is 0 Å². The molecule has 1 fully saturated rings. The summed E-state index contributed by atoms with van der Waals surface area (Å²) in [6.45, 7) is 9.01. The van der Waals surface area contributed by atoms with Gasteiger partial charge in [-0.1, -0.05) is 30.3 Å². The Morgan fingerprint density at radius 2 is 1.85 bits per heavy atom. The summed E-state index contributed by atoms with van der Waals surface area (Å²) in [6, 6.07) is 13.0. The van der Waals surface area contributed by atoms with E-state index in [1.807, 2.05) is 17.9 Å². The van der Waals surface area contributed by atoms with Crippen molar-refractivity contribution in [1.82, 2.24) is 9.80 Å². The van der Waals surface area contributed by atoms with Gasteiger partial charge in [0.15, 0.2) is 5.76 Å². The summed E-state index contributed by atoms with van der Waals surface area (Å²) < 4.78 is 5.40. The zero-order valence-corrected chi connectivity index (χ0v) is 16.7. The minimum atomic E-state index is 0. The van der Waals surface area contributed by atoms with Crippen LogP contribution in [0.3, 0.4) is 0 Å². The van der Waals surface area contributed by atoms with Crippen molar-refractivity contribution >= 4 is 18.3 Å². The smallest absolute Gasteiger partial charge is 0.290 e. The molecule has 4 nitrogen and oxygen atoms in total. The van der Waals surface area contributed by atoms with Gasteiger partial charge in [0, 0.05) is 30.7 Å². The number of rotatable bonds is 5. The van der Waals surface area contributed by atoms with Gasteiger partial charge in [-0.3, -0.25) is 9.69 Å². The van der Waals surface area contributed by atoms with Crippen LogP contribution in [0.15, 0.2) is 47.1 Å². The molecule has 1 aromatic heterocycles. The lowest BCUT2D eigenvalue weighted by molar-refractivity contribution is 0.0290. The number of carbonyl (C=O) groups excluding carboxylic acids is 1. The van der Waals surface area contributed by atoms with E-state index >= 15 is 0 Å². The van der Waals surface area contributed by atoms with E-state index in [1.54, 1.807) is 6.26 Å². The number of nitrogens with zero attached hydrogens (tertiary/aromatic N) is 2. The molecule has 26 heavy (non-hydrogen) atoms. The van der Waals surface area contributed by atoms with Crippen molar-refractivity contribution in [1.29, 1.82) is 0 Å². The second-order valence-electron chi connectivity index (χ2n) is 7.17. The fraction of sp³-hybridized carbons (Fsp3) is 0.476. The lowest BCUT2D eigenvalue weighted by Crippen LogP contribution is -2.58. The first kappa shape index (κ1) is 20.5. The molecule has 0 bridgehead atoms. The van der Waals surface area contributed by atoms with Crippen LogP contribution in [0.1, 0.15) is 41.9 Å². The third kappa shape index (κ3) is 4.68. The maximum atomic E-state index is 12.8. The Bertz CT molecular complexity index is 701. The largest absolute Gasteiger partial charge is 0.459 e. The lowest BCUT2D eigenvalue weighted by Gasteiger charge is -2.44. The first-order valence-electron chi connectivity index (χ1n) is 9.19. The van der Waals surface area contributed by atoms with Crippen molar-refractivity contribution in [2.75, 3.05) is 19.6 Å². The van der Waals surface area contributed by atoms with Crippen LogP contribution < -0.4 is 0 Å². The van der Waals surface area contributed by atoms with Gasteiger partial charge in [-0.05, 0) is 51.8 Å². The Kier molecular flexibility index (Phi) is 7.30. The Morgan fingerprint density at radius 3 is 2.50 bits per heavy atom. The summed E-state index contributed by atoms with van der Waals surface area (Å²) in [7, 11) is 0. The van der Waals surface area contributed by atoms with Crippen LogP contribution in [-0.4, -0.2) is 47.4 Å². The molecule has 142 valence electrons. The van der Waals surface area contributed by atoms with E-state index in [0.29, 0.717) is 11.8 Å². The Labute approximate surface area is 162 Å². The van der Waals surface area contributed by atoms with Gasteiger partial charge >= 0.3 is 0 Å². The molecule has 2 unspecified atom stereocenters. The van der Waals surface area contributed by atoms with Gasteiger partial charge in [0.2, 0.25) is 0 Å². The Balaban J connectivity index is 0.00000243. The number of hydrogen-bond donors (Lipinski definition) is 0. The first-order chi connectivity index (χ1) is 12.1. The highest BCUT2D eigenvalue weighted by Crippen LogP contribution is 2.20. The van der Waals surface area contributed by atoms with Gasteiger partial charge in [0.25, 0.3) is 5.91 Å². The SMILES string of the molecule is Cc1ccoc1C(=O)N1CC(C)N(CCCc2ccccc2)CC1C.Cl. The van der Waals surface area contributed by atoms with Crippen molar-refractivity contribution < 1.29 is 9.21 Å². The molecular weight excluding hydrogens is 348 g/mol. The molecular formula is C21H29ClN2O2. The average molecular weight is 377 g/mol. The predicted octanol–water partition coefficient (Wildman–Crippen LogP) is 4.18. The minimum absolute atomic E-state index is 0. The second-order valence-corrected chi connectivity index (χ2v) is 7.17. The standard InChI is InChI=1S/C21H28N2O2.ClH/c1-16-11-13-25-20(16)21(24)23-15-17(2)22(14-18(23)3)12-7-10-19-8-5-4-6-9-19;/h4-6,8-9,11,13,17-18H,7,10,12,14-15H2,1-3H3;1H. The van der Waals surface area contributed by atoms with Crippen molar-refractivity contribution in [2.24, 2.45) is 0 Å². The molecule has 2 heterocycles. The summed E-state index contributed by atoms with van der Waals surface area (Å²) in [4.78, 5) is 17.2. The summed E-state index contributed by atoms with van der Waals surface area (Å²) in [5, 5.41) is 0. The number of benzene rings is 1. The third-order valence-corrected chi connectivity index (χ3v) is 5.19. The summed E-state index contributed by atoms with van der Waals surface area (Å²) in [5.41, 5.74) is 2.31. The molecule has 3 rings (SSSR count). The van der Waals surface area contributed by atoms with E-state index in [2.05, 4.69) is 49.1 Å². The van der Waals surface area contributed by atoms with Gasteiger partial charge in [0.05, 0.1) is 6.26 Å². The van der Waals surface area contributed by atoms with E-state index in [0.717, 1.165) is 38.0 Å². The van der Waals surface area contributed by atoms with Crippen LogP contribution in [0.25, 0.3) is 0 Å². The summed E-state index contributed by atoms with van der Waals surface area (Å²) in [5.74, 6) is 0.502. The molecule has 5 heteroatoms. The highest BCUT2D eigenvalue weighted by atomic mass is 35.5. The molecule has 1 saturated heterocycles. The van der Waals surface area contributed by atoms with E-state index in [4.69, 9.17) is 4.42 Å². The summed E-state index contributed by atoms with van der Waals surface area (Å²) >= 11 is 0. The molecule has 1 aromatic carbocycles. The zero-order valence-electron chi connectivity index (χ0n) is 15.9. The number of piperazine rings is 1. The zero-order chi connectivity index (χ0) is 17.8. The highest BCUT2D eigenvalue weighted by molar-refractivity contribution is 5.93. The fourth-order valence-corrected chi connectivity index (χ4v) is 3.65. The summed E-state index contributed by atoms with van der Waals surface area (Å²) in [6.07, 6.45) is 3.84. The first-order valence-corrected chi connectivity index (χ1v) is 9.19. The van der Waals surface area contributed by atoms with Crippen molar-refractivity contribution in [2.45, 2.75) is 45.7 Å². The van der Waals surface area contributed by atoms with E-state index in [9.17, 15) is 4.79 Å². The van der Waals surface area contributed by atoms with Crippen LogP contribution in [0.2, 0.25) is 0 Å². The van der Waals surface area contributed by atoms with Gasteiger partial charge in [-0.25, -0.2) is 0 Å². The van der Waals surface area contributed by atoms with Crippen LogP contribution in [-0.2, 0) is 6.42 Å². The van der Waals surface area contributed by atoms with Crippen molar-refractivity contribution in [3.05, 3.63) is 59.5 Å². The van der Waals surface area contributed by atoms with Gasteiger partial charge in [-0.2, -0.15) is 0 Å². The predicted molar refractivity (Wildman–Crippen MR) is 107 cm³/mol. The average Bonchev–Trinajstić information content (AvgIpc) is 3.04. The monoisotopic (exact) mass is 376 g/mol. The normalized spacial score (nSPS) is 20.7. The maximum Gasteiger partial charge on any atom is 0.290 e. The quantitative estimate of drug-likeness (QED) is 0.785. The van der Waals surface area contributed by atoms with Gasteiger partial charge in [-0.15, -0.1) is 12.4 Å². The minimum Gasteiger partial charge on any atom is -0.459 e. The van der Waals surface area contributed by atoms with Crippen molar-refractivity contribution in [3.63, 3.8) is 0 Å². The topological polar surface area (TPSA) is 36.7 Å². The molecule has 1 aliphatic heterocycles. The highest BCUT2D eigenvalue weighted by Gasteiger charge is 2.33. The van der Waals surface area contributed by atoms with E-state index in [-0.39, 0.29) is 24.4 Å². The number of halogens is 1. The molecule has 2 atom stereocenters. The number of furan rings is 1. The molecule has 0 N–H and O–H groups in total. The van der Waals surface area contributed by atoms with Gasteiger partial charge in [0.1, 0.15) is 0 Å². The molecule has 0 spiro atoms. The molecule has 0 aliphatic carbocycles. The molecule has 0 radical (unpaired) electrons. The Hall–Kier alpha value is -1.78. The van der Waals surface area contributed by atoms with Crippen molar-refractivity contribution in [3.8, 4) is 0 Å². The fourth-order valence-electron chi connectivity index (χ4n) is 3.65. The Morgan fingerprint density at radius 1 is 1.12 bits per heavy atom. The number of aryl methyl sites for hydroxylation is 2. The molecule has 0 saturated carbocycles. The second kappa shape index (κ2) is 9.24. The molecule has 2 aromatic rings. The van der Waals surface area contributed by atoms with Gasteiger partial charge < -0.3 is 9.32 Å². The molecule has 1 aliphatic rings. The van der Waals surface area contributed by atoms with Crippen LogP contribution in [0, 0.1) is 6.92 Å². The lowest BCUT2D eigenvalue weighted by atomic mass is 10.1. The third-order valence-electron chi connectivity index (χ3n) is 5.19. The van der Waals surface area contributed by atoms with E-state index < -0.39 is 0 Å². The number of amides is 1. The van der Waals surface area contributed by atoms with Crippen LogP contribution >= 0.6 is 12.4 Å². The molecule has 1 amide bonds.